The first-order valence-electron chi connectivity index (χ1n) is 11.2. The molecular weight excluding hydrogens is 498 g/mol. The van der Waals surface area contributed by atoms with Gasteiger partial charge in [-0.3, -0.25) is 19.4 Å². The molecule has 0 aliphatic carbocycles. The second kappa shape index (κ2) is 10.8. The Hall–Kier alpha value is -5.20. The van der Waals surface area contributed by atoms with Crippen LogP contribution >= 0.6 is 0 Å². The third kappa shape index (κ3) is 5.46. The Morgan fingerprint density at radius 3 is 2.13 bits per heavy atom. The standard InChI is InChI=1S/C25H23N5O8/c1-36-16-6-4-14(5-7-16)27-25-29-20-19(22(33)30-25)17(11-18(31)28-20)21(32)26-15-9-12(23(34)37-2)8-13(10-15)24(35)38-3/h4-10,17H,11H2,1-3H3,(H,26,32)(H3,27,28,29,30,31,33)/t17-/m1/s1. The van der Waals surface area contributed by atoms with Gasteiger partial charge in [0.2, 0.25) is 17.8 Å². The van der Waals surface area contributed by atoms with Crippen molar-refractivity contribution in [2.75, 3.05) is 37.3 Å². The predicted molar refractivity (Wildman–Crippen MR) is 135 cm³/mol. The highest BCUT2D eigenvalue weighted by Gasteiger charge is 2.35. The van der Waals surface area contributed by atoms with Crippen molar-refractivity contribution in [3.63, 3.8) is 0 Å². The molecule has 0 radical (unpaired) electrons. The van der Waals surface area contributed by atoms with Crippen LogP contribution in [0, 0.1) is 0 Å². The molecule has 0 saturated carbocycles. The van der Waals surface area contributed by atoms with E-state index < -0.39 is 35.2 Å². The van der Waals surface area contributed by atoms with Crippen molar-refractivity contribution in [3.8, 4) is 5.75 Å². The number of carbonyl (C=O) groups is 4. The van der Waals surface area contributed by atoms with Crippen LogP contribution in [0.5, 0.6) is 5.75 Å². The summed E-state index contributed by atoms with van der Waals surface area (Å²) in [4.78, 5) is 69.6. The van der Waals surface area contributed by atoms with E-state index in [1.165, 1.54) is 39.5 Å². The number of fused-ring (bicyclic) bond motifs is 1. The third-order valence-electron chi connectivity index (χ3n) is 5.66. The van der Waals surface area contributed by atoms with E-state index in [0.29, 0.717) is 11.4 Å². The second-order valence-corrected chi connectivity index (χ2v) is 8.11. The Bertz CT molecular complexity index is 1450. The SMILES string of the molecule is COC(=O)c1cc(NC(=O)[C@@H]2CC(=O)Nc3nc(Nc4ccc(OC)cc4)[nH]c(=O)c32)cc(C(=O)OC)c1. The molecule has 38 heavy (non-hydrogen) atoms. The molecule has 0 unspecified atom stereocenters. The molecule has 1 aromatic heterocycles. The largest absolute Gasteiger partial charge is 0.497 e. The summed E-state index contributed by atoms with van der Waals surface area (Å²) in [6, 6.07) is 10.7. The number of aromatic amines is 1. The zero-order chi connectivity index (χ0) is 27.4. The zero-order valence-corrected chi connectivity index (χ0v) is 20.5. The van der Waals surface area contributed by atoms with Crippen LogP contribution in [-0.4, -0.2) is 55.1 Å². The number of hydrogen-bond donors (Lipinski definition) is 4. The van der Waals surface area contributed by atoms with Gasteiger partial charge < -0.3 is 30.2 Å². The molecule has 0 spiro atoms. The molecule has 196 valence electrons. The lowest BCUT2D eigenvalue weighted by atomic mass is 9.92. The number of esters is 2. The number of nitrogens with one attached hydrogen (secondary N) is 4. The first-order chi connectivity index (χ1) is 18.2. The topological polar surface area (TPSA) is 178 Å². The van der Waals surface area contributed by atoms with E-state index in [1.807, 2.05) is 0 Å². The summed E-state index contributed by atoms with van der Waals surface area (Å²) in [6.45, 7) is 0. The normalized spacial score (nSPS) is 14.0. The maximum atomic E-state index is 13.2. The summed E-state index contributed by atoms with van der Waals surface area (Å²) in [7, 11) is 3.87. The van der Waals surface area contributed by atoms with E-state index in [4.69, 9.17) is 14.2 Å². The number of hydrogen-bond acceptors (Lipinski definition) is 10. The molecule has 13 heteroatoms. The number of nitrogens with zero attached hydrogens (tertiary/aromatic N) is 1. The van der Waals surface area contributed by atoms with Gasteiger partial charge in [0.15, 0.2) is 0 Å². The monoisotopic (exact) mass is 521 g/mol. The summed E-state index contributed by atoms with van der Waals surface area (Å²) in [5, 5.41) is 8.01. The fourth-order valence-corrected chi connectivity index (χ4v) is 3.87. The van der Waals surface area contributed by atoms with E-state index in [1.54, 1.807) is 24.3 Å². The molecule has 4 N–H and O–H groups in total. The van der Waals surface area contributed by atoms with Crippen molar-refractivity contribution >= 4 is 46.9 Å². The zero-order valence-electron chi connectivity index (χ0n) is 20.5. The van der Waals surface area contributed by atoms with Crippen molar-refractivity contribution in [3.05, 3.63) is 69.5 Å². The first kappa shape index (κ1) is 25.9. The highest BCUT2D eigenvalue weighted by Crippen LogP contribution is 2.30. The summed E-state index contributed by atoms with van der Waals surface area (Å²) in [6.07, 6.45) is -0.324. The Balaban J connectivity index is 1.63. The fourth-order valence-electron chi connectivity index (χ4n) is 3.87. The lowest BCUT2D eigenvalue weighted by Crippen LogP contribution is -2.36. The smallest absolute Gasteiger partial charge is 0.337 e. The molecule has 0 saturated heterocycles. The van der Waals surface area contributed by atoms with Gasteiger partial charge in [0, 0.05) is 17.8 Å². The minimum atomic E-state index is -1.20. The third-order valence-corrected chi connectivity index (χ3v) is 5.66. The van der Waals surface area contributed by atoms with Gasteiger partial charge in [0.1, 0.15) is 11.6 Å². The van der Waals surface area contributed by atoms with E-state index in [2.05, 4.69) is 25.9 Å². The number of ether oxygens (including phenoxy) is 3. The highest BCUT2D eigenvalue weighted by atomic mass is 16.5. The number of carbonyl (C=O) groups excluding carboxylic acids is 4. The predicted octanol–water partition coefficient (Wildman–Crippen LogP) is 2.16. The van der Waals surface area contributed by atoms with Crippen LogP contribution in [0.3, 0.4) is 0 Å². The molecule has 1 atom stereocenters. The highest BCUT2D eigenvalue weighted by molar-refractivity contribution is 6.05. The molecule has 13 nitrogen and oxygen atoms in total. The summed E-state index contributed by atoms with van der Waals surface area (Å²) in [5.41, 5.74) is -0.0443. The molecule has 1 aliphatic heterocycles. The number of rotatable bonds is 7. The van der Waals surface area contributed by atoms with Gasteiger partial charge in [-0.2, -0.15) is 4.98 Å². The van der Waals surface area contributed by atoms with E-state index in [0.717, 1.165) is 0 Å². The van der Waals surface area contributed by atoms with Gasteiger partial charge in [-0.1, -0.05) is 0 Å². The van der Waals surface area contributed by atoms with E-state index in [-0.39, 0.29) is 40.6 Å². The Labute approximate surface area is 215 Å². The van der Waals surface area contributed by atoms with Crippen molar-refractivity contribution in [1.82, 2.24) is 9.97 Å². The summed E-state index contributed by atoms with van der Waals surface area (Å²) < 4.78 is 14.5. The number of benzene rings is 2. The van der Waals surface area contributed by atoms with Crippen LogP contribution in [0.1, 0.15) is 38.6 Å². The van der Waals surface area contributed by atoms with Crippen LogP contribution in [0.2, 0.25) is 0 Å². The summed E-state index contributed by atoms with van der Waals surface area (Å²) in [5.74, 6) is -3.31. The van der Waals surface area contributed by atoms with Gasteiger partial charge in [0.05, 0.1) is 43.9 Å². The van der Waals surface area contributed by atoms with Gasteiger partial charge in [0.25, 0.3) is 5.56 Å². The van der Waals surface area contributed by atoms with Gasteiger partial charge in [-0.25, -0.2) is 9.59 Å². The Kier molecular flexibility index (Phi) is 7.37. The number of amides is 2. The molecule has 2 aromatic carbocycles. The van der Waals surface area contributed by atoms with Crippen LogP contribution in [-0.2, 0) is 19.1 Å². The molecular formula is C25H23N5O8. The molecule has 1 aliphatic rings. The molecule has 3 aromatic rings. The number of aromatic nitrogens is 2. The molecule has 2 amide bonds. The van der Waals surface area contributed by atoms with Crippen molar-refractivity contribution in [2.45, 2.75) is 12.3 Å². The van der Waals surface area contributed by atoms with E-state index in [9.17, 15) is 24.0 Å². The van der Waals surface area contributed by atoms with Gasteiger partial charge in [-0.05, 0) is 42.5 Å². The van der Waals surface area contributed by atoms with Gasteiger partial charge in [-0.15, -0.1) is 0 Å². The maximum absolute atomic E-state index is 13.2. The maximum Gasteiger partial charge on any atom is 0.337 e. The summed E-state index contributed by atoms with van der Waals surface area (Å²) >= 11 is 0. The average Bonchev–Trinajstić information content (AvgIpc) is 2.91. The number of H-pyrrole nitrogens is 1. The lowest BCUT2D eigenvalue weighted by Gasteiger charge is -2.24. The van der Waals surface area contributed by atoms with Crippen molar-refractivity contribution < 1.29 is 33.4 Å². The minimum absolute atomic E-state index is 0.0127. The fraction of sp³-hybridized carbons (Fsp3) is 0.200. The molecule has 2 heterocycles. The van der Waals surface area contributed by atoms with Crippen LogP contribution in [0.15, 0.2) is 47.3 Å². The lowest BCUT2D eigenvalue weighted by molar-refractivity contribution is -0.123. The van der Waals surface area contributed by atoms with Gasteiger partial charge >= 0.3 is 11.9 Å². The van der Waals surface area contributed by atoms with Crippen molar-refractivity contribution in [2.24, 2.45) is 0 Å². The van der Waals surface area contributed by atoms with Crippen LogP contribution in [0.4, 0.5) is 23.1 Å². The molecule has 0 bridgehead atoms. The number of anilines is 4. The van der Waals surface area contributed by atoms with Crippen molar-refractivity contribution in [1.29, 1.82) is 0 Å². The van der Waals surface area contributed by atoms with E-state index >= 15 is 0 Å². The second-order valence-electron chi connectivity index (χ2n) is 8.11. The van der Waals surface area contributed by atoms with Crippen LogP contribution < -0.4 is 26.2 Å². The average molecular weight is 521 g/mol. The Morgan fingerprint density at radius 2 is 1.55 bits per heavy atom. The minimum Gasteiger partial charge on any atom is -0.497 e. The number of methoxy groups -OCH3 is 3. The molecule has 4 rings (SSSR count). The molecule has 0 fully saturated rings. The van der Waals surface area contributed by atoms with Crippen LogP contribution in [0.25, 0.3) is 0 Å². The quantitative estimate of drug-likeness (QED) is 0.337. The first-order valence-corrected chi connectivity index (χ1v) is 11.2. The Morgan fingerprint density at radius 1 is 0.921 bits per heavy atom.